The predicted molar refractivity (Wildman–Crippen MR) is 30.4 cm³/mol. The van der Waals surface area contributed by atoms with Gasteiger partial charge in [0.25, 0.3) is 0 Å². The molecule has 2 nitrogen and oxygen atoms in total. The first-order chi connectivity index (χ1) is 3.56. The number of nitrogens with one attached hydrogen (secondary N) is 2. The van der Waals surface area contributed by atoms with Crippen molar-refractivity contribution in [3.05, 3.63) is 0 Å². The highest BCUT2D eigenvalue weighted by Gasteiger charge is 2.25. The van der Waals surface area contributed by atoms with Gasteiger partial charge in [-0.3, -0.25) is 5.43 Å². The average molecular weight is 165 g/mol. The Labute approximate surface area is 57.2 Å². The van der Waals surface area contributed by atoms with Crippen LogP contribution in [-0.2, 0) is 0 Å². The van der Waals surface area contributed by atoms with Crippen LogP contribution in [0.25, 0.3) is 0 Å². The maximum atomic E-state index is 11.1. The number of hydrogen-bond acceptors (Lipinski definition) is 2. The molecule has 0 atom stereocenters. The second-order valence-electron chi connectivity index (χ2n) is 1.22. The van der Waals surface area contributed by atoms with E-state index < -0.39 is 12.7 Å². The van der Waals surface area contributed by atoms with Crippen LogP contribution in [0.4, 0.5) is 13.2 Å². The molecular formula is C3H8ClF3N2. The van der Waals surface area contributed by atoms with Gasteiger partial charge >= 0.3 is 6.18 Å². The van der Waals surface area contributed by atoms with Gasteiger partial charge < -0.3 is 0 Å². The van der Waals surface area contributed by atoms with Gasteiger partial charge in [-0.15, -0.1) is 12.4 Å². The molecule has 0 aliphatic heterocycles. The predicted octanol–water partition coefficient (Wildman–Crippen LogP) is 0.694. The average Bonchev–Trinajstić information content (AvgIpc) is 1.59. The maximum Gasteiger partial charge on any atom is 0.402 e. The second kappa shape index (κ2) is 4.84. The van der Waals surface area contributed by atoms with Crippen LogP contribution in [0.1, 0.15) is 0 Å². The first kappa shape index (κ1) is 11.8. The molecule has 0 aromatic carbocycles. The van der Waals surface area contributed by atoms with E-state index in [9.17, 15) is 13.2 Å². The Balaban J connectivity index is 0. The molecule has 0 bridgehead atoms. The zero-order chi connectivity index (χ0) is 6.62. The zero-order valence-corrected chi connectivity index (χ0v) is 5.57. The van der Waals surface area contributed by atoms with Crippen LogP contribution in [0, 0.1) is 0 Å². The number of hydrogen-bond donors (Lipinski definition) is 2. The molecule has 0 aromatic heterocycles. The van der Waals surface area contributed by atoms with E-state index in [1.807, 2.05) is 5.43 Å². The molecule has 0 aromatic rings. The molecule has 0 saturated heterocycles. The third-order valence-corrected chi connectivity index (χ3v) is 0.466. The summed E-state index contributed by atoms with van der Waals surface area (Å²) in [7, 11) is 1.38. The van der Waals surface area contributed by atoms with Crippen molar-refractivity contribution in [2.45, 2.75) is 6.18 Å². The van der Waals surface area contributed by atoms with Crippen molar-refractivity contribution in [1.29, 1.82) is 0 Å². The fourth-order valence-electron chi connectivity index (χ4n) is 0.189. The summed E-state index contributed by atoms with van der Waals surface area (Å²) in [6, 6.07) is 0. The van der Waals surface area contributed by atoms with Gasteiger partial charge in [0.05, 0.1) is 0 Å². The molecule has 9 heavy (non-hydrogen) atoms. The fraction of sp³-hybridized carbons (Fsp3) is 1.00. The van der Waals surface area contributed by atoms with E-state index in [-0.39, 0.29) is 12.4 Å². The van der Waals surface area contributed by atoms with Gasteiger partial charge in [0.2, 0.25) is 0 Å². The minimum Gasteiger partial charge on any atom is -0.261 e. The molecule has 0 amide bonds. The Bertz CT molecular complexity index is 64.6. The molecule has 0 heterocycles. The van der Waals surface area contributed by atoms with Crippen molar-refractivity contribution in [1.82, 2.24) is 10.9 Å². The topological polar surface area (TPSA) is 24.1 Å². The van der Waals surface area contributed by atoms with Gasteiger partial charge in [0.15, 0.2) is 0 Å². The lowest BCUT2D eigenvalue weighted by Gasteiger charge is -2.04. The van der Waals surface area contributed by atoms with E-state index in [1.165, 1.54) is 7.05 Å². The summed E-state index contributed by atoms with van der Waals surface area (Å²) in [6.45, 7) is -0.997. The number of halogens is 4. The van der Waals surface area contributed by atoms with Gasteiger partial charge in [-0.2, -0.15) is 13.2 Å². The molecule has 2 N–H and O–H groups in total. The monoisotopic (exact) mass is 164 g/mol. The van der Waals surface area contributed by atoms with Gasteiger partial charge in [-0.05, 0) is 7.05 Å². The number of hydrazine groups is 1. The third-order valence-electron chi connectivity index (χ3n) is 0.466. The van der Waals surface area contributed by atoms with E-state index in [0.29, 0.717) is 0 Å². The Hall–Kier alpha value is -0.0000000000000000555. The van der Waals surface area contributed by atoms with Crippen molar-refractivity contribution in [2.24, 2.45) is 0 Å². The Morgan fingerprint density at radius 1 is 1.33 bits per heavy atom. The minimum absolute atomic E-state index is 0. The lowest BCUT2D eigenvalue weighted by Crippen LogP contribution is -2.36. The van der Waals surface area contributed by atoms with Crippen LogP contribution in [0.15, 0.2) is 0 Å². The summed E-state index contributed by atoms with van der Waals surface area (Å²) in [5.74, 6) is 0. The van der Waals surface area contributed by atoms with E-state index in [2.05, 4.69) is 5.43 Å². The summed E-state index contributed by atoms with van der Waals surface area (Å²) < 4.78 is 33.4. The van der Waals surface area contributed by atoms with Crippen LogP contribution in [0.5, 0.6) is 0 Å². The SMILES string of the molecule is CNNCC(F)(F)F.Cl. The molecule has 0 fully saturated rings. The van der Waals surface area contributed by atoms with Gasteiger partial charge in [-0.1, -0.05) is 0 Å². The van der Waals surface area contributed by atoms with E-state index in [1.54, 1.807) is 0 Å². The van der Waals surface area contributed by atoms with Crippen LogP contribution in [-0.4, -0.2) is 19.8 Å². The highest BCUT2D eigenvalue weighted by molar-refractivity contribution is 5.85. The summed E-state index contributed by atoms with van der Waals surface area (Å²) in [4.78, 5) is 0. The van der Waals surface area contributed by atoms with Gasteiger partial charge in [0.1, 0.15) is 6.54 Å². The fourth-order valence-corrected chi connectivity index (χ4v) is 0.189. The van der Waals surface area contributed by atoms with Crippen molar-refractivity contribution < 1.29 is 13.2 Å². The van der Waals surface area contributed by atoms with Crippen LogP contribution < -0.4 is 10.9 Å². The van der Waals surface area contributed by atoms with Crippen LogP contribution in [0.2, 0.25) is 0 Å². The third kappa shape index (κ3) is 11.5. The molecule has 0 rings (SSSR count). The van der Waals surface area contributed by atoms with Crippen molar-refractivity contribution in [2.75, 3.05) is 13.6 Å². The first-order valence-corrected chi connectivity index (χ1v) is 2.02. The van der Waals surface area contributed by atoms with Gasteiger partial charge in [-0.25, -0.2) is 5.43 Å². The molecule has 6 heteroatoms. The Morgan fingerprint density at radius 2 is 1.78 bits per heavy atom. The van der Waals surface area contributed by atoms with Crippen LogP contribution in [0.3, 0.4) is 0 Å². The zero-order valence-electron chi connectivity index (χ0n) is 4.75. The van der Waals surface area contributed by atoms with Crippen molar-refractivity contribution in [3.63, 3.8) is 0 Å². The van der Waals surface area contributed by atoms with Gasteiger partial charge in [0, 0.05) is 0 Å². The van der Waals surface area contributed by atoms with Crippen LogP contribution >= 0.6 is 12.4 Å². The second-order valence-corrected chi connectivity index (χ2v) is 1.22. The summed E-state index contributed by atoms with van der Waals surface area (Å²) in [5, 5.41) is 0. The summed E-state index contributed by atoms with van der Waals surface area (Å²) in [5.41, 5.74) is 4.07. The molecule has 58 valence electrons. The Kier molecular flexibility index (Phi) is 6.32. The lowest BCUT2D eigenvalue weighted by molar-refractivity contribution is -0.126. The largest absolute Gasteiger partial charge is 0.402 e. The molecule has 0 spiro atoms. The normalized spacial score (nSPS) is 10.7. The first-order valence-electron chi connectivity index (χ1n) is 2.02. The maximum absolute atomic E-state index is 11.1. The molecular weight excluding hydrogens is 156 g/mol. The minimum atomic E-state index is -4.12. The van der Waals surface area contributed by atoms with E-state index in [4.69, 9.17) is 0 Å². The lowest BCUT2D eigenvalue weighted by atomic mass is 10.7. The highest BCUT2D eigenvalue weighted by atomic mass is 35.5. The molecule has 0 radical (unpaired) electrons. The molecule has 0 unspecified atom stereocenters. The van der Waals surface area contributed by atoms with E-state index >= 15 is 0 Å². The summed E-state index contributed by atoms with van der Waals surface area (Å²) in [6.07, 6.45) is -4.12. The summed E-state index contributed by atoms with van der Waals surface area (Å²) >= 11 is 0. The van der Waals surface area contributed by atoms with Crippen molar-refractivity contribution in [3.8, 4) is 0 Å². The molecule has 0 aliphatic rings. The van der Waals surface area contributed by atoms with Crippen molar-refractivity contribution >= 4 is 12.4 Å². The smallest absolute Gasteiger partial charge is 0.261 e. The quantitative estimate of drug-likeness (QED) is 0.587. The number of alkyl halides is 3. The molecule has 0 saturated carbocycles. The molecule has 0 aliphatic carbocycles. The highest BCUT2D eigenvalue weighted by Crippen LogP contribution is 2.11. The van der Waals surface area contributed by atoms with E-state index in [0.717, 1.165) is 0 Å². The number of rotatable bonds is 2. The standard InChI is InChI=1S/C3H7F3N2.ClH/c1-7-8-2-3(4,5)6;/h7-8H,2H2,1H3;1H. The Morgan fingerprint density at radius 3 is 1.89 bits per heavy atom.